The Morgan fingerprint density at radius 3 is 2.16 bits per heavy atom. The van der Waals surface area contributed by atoms with Crippen molar-refractivity contribution in [2.24, 2.45) is 0 Å². The predicted molar refractivity (Wildman–Crippen MR) is 178 cm³/mol. The number of nitrogens with zero attached hydrogens (tertiary/aromatic N) is 3. The summed E-state index contributed by atoms with van der Waals surface area (Å²) in [6.45, 7) is 4.71. The molecule has 0 radical (unpaired) electrons. The molecule has 9 rings (SSSR count). The monoisotopic (exact) mass is 551 g/mol. The zero-order valence-electron chi connectivity index (χ0n) is 24.1. The molecule has 8 aromatic rings. The van der Waals surface area contributed by atoms with Crippen LogP contribution in [0.5, 0.6) is 0 Å². The minimum Gasteiger partial charge on any atom is -0.309 e. The maximum atomic E-state index is 4.70. The van der Waals surface area contributed by atoms with Crippen molar-refractivity contribution < 1.29 is 0 Å². The molecule has 0 unspecified atom stereocenters. The largest absolute Gasteiger partial charge is 0.309 e. The van der Waals surface area contributed by atoms with Gasteiger partial charge in [0.1, 0.15) is 6.33 Å². The van der Waals surface area contributed by atoms with E-state index in [9.17, 15) is 0 Å². The van der Waals surface area contributed by atoms with Crippen LogP contribution in [-0.4, -0.2) is 14.1 Å². The fraction of sp³-hybridized carbons (Fsp3) is 0.0750. The summed E-state index contributed by atoms with van der Waals surface area (Å²) >= 11 is 0. The minimum absolute atomic E-state index is 0.124. The molecule has 0 fully saturated rings. The molecule has 6 aromatic carbocycles. The summed E-state index contributed by atoms with van der Waals surface area (Å²) in [7, 11) is 0. The first-order chi connectivity index (χ1) is 21.1. The summed E-state index contributed by atoms with van der Waals surface area (Å²) in [5.41, 5.74) is 14.6. The molecule has 2 heterocycles. The third kappa shape index (κ3) is 3.39. The van der Waals surface area contributed by atoms with Gasteiger partial charge in [-0.1, -0.05) is 92.7 Å². The topological polar surface area (TPSA) is 22.8 Å². The third-order valence-corrected chi connectivity index (χ3v) is 9.41. The Kier molecular flexibility index (Phi) is 4.95. The van der Waals surface area contributed by atoms with Crippen LogP contribution in [0.2, 0.25) is 0 Å². The fourth-order valence-corrected chi connectivity index (χ4v) is 7.31. The van der Waals surface area contributed by atoms with E-state index in [1.165, 1.54) is 66.6 Å². The lowest BCUT2D eigenvalue weighted by molar-refractivity contribution is 0.660. The molecule has 0 bridgehead atoms. The van der Waals surface area contributed by atoms with E-state index in [4.69, 9.17) is 4.98 Å². The van der Waals surface area contributed by atoms with Gasteiger partial charge in [0.25, 0.3) is 0 Å². The highest BCUT2D eigenvalue weighted by Crippen LogP contribution is 2.52. The average Bonchev–Trinajstić information content (AvgIpc) is 3.70. The number of aromatic nitrogens is 3. The van der Waals surface area contributed by atoms with Gasteiger partial charge in [0, 0.05) is 27.4 Å². The van der Waals surface area contributed by atoms with Gasteiger partial charge in [-0.05, 0) is 82.4 Å². The fourth-order valence-electron chi connectivity index (χ4n) is 7.31. The molecule has 0 amide bonds. The molecule has 3 heteroatoms. The van der Waals surface area contributed by atoms with E-state index >= 15 is 0 Å². The molecule has 0 saturated carbocycles. The Morgan fingerprint density at radius 2 is 1.28 bits per heavy atom. The van der Waals surface area contributed by atoms with E-state index in [2.05, 4.69) is 150 Å². The van der Waals surface area contributed by atoms with Gasteiger partial charge in [-0.25, -0.2) is 4.98 Å². The number of hydrogen-bond acceptors (Lipinski definition) is 1. The van der Waals surface area contributed by atoms with Gasteiger partial charge in [-0.15, -0.1) is 0 Å². The summed E-state index contributed by atoms with van der Waals surface area (Å²) in [6, 6.07) is 48.4. The summed E-state index contributed by atoms with van der Waals surface area (Å²) in [4.78, 5) is 4.70. The van der Waals surface area contributed by atoms with Crippen molar-refractivity contribution in [1.29, 1.82) is 0 Å². The van der Waals surface area contributed by atoms with Gasteiger partial charge >= 0.3 is 0 Å². The van der Waals surface area contributed by atoms with Crippen molar-refractivity contribution >= 4 is 32.8 Å². The second kappa shape index (κ2) is 8.80. The standard InChI is InChI=1S/C40H29N3/c1-40(2)32-14-10-18-38(42-25-41-34-15-7-9-17-37(34)42)39(32)30-21-19-27(24-33(30)40)26-20-22-36-31(23-26)29-13-6-8-16-35(29)43(36)28-11-4-3-5-12-28/h3-25H,1-2H3. The summed E-state index contributed by atoms with van der Waals surface area (Å²) in [5, 5.41) is 2.54. The lowest BCUT2D eigenvalue weighted by Crippen LogP contribution is -2.15. The van der Waals surface area contributed by atoms with Crippen molar-refractivity contribution in [3.8, 4) is 33.6 Å². The van der Waals surface area contributed by atoms with Crippen LogP contribution in [0.1, 0.15) is 25.0 Å². The highest BCUT2D eigenvalue weighted by Gasteiger charge is 2.37. The molecule has 1 aliphatic carbocycles. The van der Waals surface area contributed by atoms with Crippen LogP contribution in [-0.2, 0) is 5.41 Å². The molecular formula is C40H29N3. The maximum Gasteiger partial charge on any atom is 0.100 e. The summed E-state index contributed by atoms with van der Waals surface area (Å²) in [6.07, 6.45) is 1.96. The Balaban J connectivity index is 1.22. The van der Waals surface area contributed by atoms with Gasteiger partial charge in [0.05, 0.1) is 27.8 Å². The Bertz CT molecular complexity index is 2370. The first-order valence-electron chi connectivity index (χ1n) is 14.9. The van der Waals surface area contributed by atoms with E-state index in [0.29, 0.717) is 0 Å². The molecule has 0 saturated heterocycles. The maximum absolute atomic E-state index is 4.70. The smallest absolute Gasteiger partial charge is 0.100 e. The van der Waals surface area contributed by atoms with Gasteiger partial charge in [-0.2, -0.15) is 0 Å². The summed E-state index contributed by atoms with van der Waals surface area (Å²) in [5.74, 6) is 0. The molecule has 0 spiro atoms. The van der Waals surface area contributed by atoms with Crippen molar-refractivity contribution in [1.82, 2.24) is 14.1 Å². The molecular weight excluding hydrogens is 522 g/mol. The quantitative estimate of drug-likeness (QED) is 0.214. The predicted octanol–water partition coefficient (Wildman–Crippen LogP) is 10.1. The van der Waals surface area contributed by atoms with E-state index in [-0.39, 0.29) is 5.41 Å². The minimum atomic E-state index is -0.124. The van der Waals surface area contributed by atoms with Crippen LogP contribution < -0.4 is 0 Å². The first kappa shape index (κ1) is 24.2. The van der Waals surface area contributed by atoms with Gasteiger partial charge < -0.3 is 4.57 Å². The highest BCUT2D eigenvalue weighted by molar-refractivity contribution is 6.10. The molecule has 3 nitrogen and oxygen atoms in total. The van der Waals surface area contributed by atoms with E-state index in [1.807, 2.05) is 12.4 Å². The molecule has 0 atom stereocenters. The average molecular weight is 552 g/mol. The van der Waals surface area contributed by atoms with Gasteiger partial charge in [0.2, 0.25) is 0 Å². The normalized spacial score (nSPS) is 13.5. The Morgan fingerprint density at radius 1 is 0.558 bits per heavy atom. The second-order valence-electron chi connectivity index (χ2n) is 12.1. The second-order valence-corrected chi connectivity index (χ2v) is 12.1. The number of imidazole rings is 1. The lowest BCUT2D eigenvalue weighted by Gasteiger charge is -2.22. The molecule has 0 aliphatic heterocycles. The number of rotatable bonds is 3. The number of para-hydroxylation sites is 4. The Hall–Kier alpha value is -5.41. The van der Waals surface area contributed by atoms with Crippen LogP contribution in [0.3, 0.4) is 0 Å². The summed E-state index contributed by atoms with van der Waals surface area (Å²) < 4.78 is 4.61. The molecule has 0 N–H and O–H groups in total. The van der Waals surface area contributed by atoms with Crippen molar-refractivity contribution in [2.45, 2.75) is 19.3 Å². The van der Waals surface area contributed by atoms with Crippen LogP contribution in [0.15, 0.2) is 140 Å². The zero-order valence-corrected chi connectivity index (χ0v) is 24.1. The van der Waals surface area contributed by atoms with E-state index in [0.717, 1.165) is 11.0 Å². The van der Waals surface area contributed by atoms with Crippen LogP contribution in [0.25, 0.3) is 66.5 Å². The SMILES string of the molecule is CC1(C)c2cc(-c3ccc4c(c3)c3ccccc3n4-c3ccccc3)ccc2-c2c(-n3cnc4ccccc43)cccc21. The zero-order chi connectivity index (χ0) is 28.7. The number of hydrogen-bond donors (Lipinski definition) is 0. The Labute approximate surface area is 250 Å². The van der Waals surface area contributed by atoms with Crippen LogP contribution in [0.4, 0.5) is 0 Å². The van der Waals surface area contributed by atoms with Gasteiger partial charge in [-0.3, -0.25) is 4.57 Å². The van der Waals surface area contributed by atoms with Crippen LogP contribution >= 0.6 is 0 Å². The van der Waals surface area contributed by atoms with Crippen LogP contribution in [0, 0.1) is 0 Å². The third-order valence-electron chi connectivity index (χ3n) is 9.41. The molecule has 43 heavy (non-hydrogen) atoms. The van der Waals surface area contributed by atoms with E-state index < -0.39 is 0 Å². The molecule has 1 aliphatic rings. The van der Waals surface area contributed by atoms with Crippen molar-refractivity contribution in [3.05, 3.63) is 151 Å². The number of fused-ring (bicyclic) bond motifs is 7. The lowest BCUT2D eigenvalue weighted by atomic mass is 9.81. The number of benzene rings is 6. The van der Waals surface area contributed by atoms with E-state index in [1.54, 1.807) is 0 Å². The van der Waals surface area contributed by atoms with Gasteiger partial charge in [0.15, 0.2) is 0 Å². The van der Waals surface area contributed by atoms with Crippen molar-refractivity contribution in [3.63, 3.8) is 0 Å². The van der Waals surface area contributed by atoms with Crippen molar-refractivity contribution in [2.75, 3.05) is 0 Å². The molecule has 2 aromatic heterocycles. The first-order valence-corrected chi connectivity index (χ1v) is 14.9. The highest BCUT2D eigenvalue weighted by atomic mass is 15.1. The molecule has 204 valence electrons.